The van der Waals surface area contributed by atoms with Gasteiger partial charge in [-0.15, -0.1) is 0 Å². The Bertz CT molecular complexity index is 452. The highest BCUT2D eigenvalue weighted by Crippen LogP contribution is 2.40. The van der Waals surface area contributed by atoms with Crippen molar-refractivity contribution >= 4 is 20.1 Å². The molecule has 0 bridgehead atoms. The van der Waals surface area contributed by atoms with Crippen molar-refractivity contribution < 1.29 is 4.43 Å². The molecule has 4 heteroatoms. The van der Waals surface area contributed by atoms with Crippen molar-refractivity contribution in [1.29, 1.82) is 0 Å². The average molecular weight is 324 g/mol. The van der Waals surface area contributed by atoms with Gasteiger partial charge in [0.25, 0.3) is 8.32 Å². The quantitative estimate of drug-likeness (QED) is 0.257. The van der Waals surface area contributed by atoms with E-state index in [1.165, 1.54) is 12.8 Å². The molecule has 0 radical (unpaired) electrons. The first kappa shape index (κ1) is 18.3. The van der Waals surface area contributed by atoms with E-state index < -0.39 is 8.32 Å². The molecule has 2 nitrogen and oxygen atoms in total. The van der Waals surface area contributed by atoms with Crippen LogP contribution in [0.5, 0.6) is 0 Å². The van der Waals surface area contributed by atoms with Crippen LogP contribution in [0.25, 0.3) is 0 Å². The molecule has 0 saturated carbocycles. The maximum Gasteiger partial charge on any atom is 0.251 e. The van der Waals surface area contributed by atoms with Crippen LogP contribution in [0.2, 0.25) is 18.1 Å². The summed E-state index contributed by atoms with van der Waals surface area (Å²) in [5, 5.41) is 2.23. The van der Waals surface area contributed by atoms with Crippen LogP contribution in [0.4, 0.5) is 0 Å². The van der Waals surface area contributed by atoms with Crippen molar-refractivity contribution in [2.24, 2.45) is 0 Å². The molecule has 0 unspecified atom stereocenters. The second-order valence-electron chi connectivity index (χ2n) is 6.80. The number of nitrogens with zero attached hydrogens (tertiary/aromatic N) is 1. The molecule has 0 spiro atoms. The van der Waals surface area contributed by atoms with Crippen LogP contribution in [-0.2, 0) is 4.43 Å². The van der Waals surface area contributed by atoms with Gasteiger partial charge in [-0.2, -0.15) is 0 Å². The van der Waals surface area contributed by atoms with Crippen molar-refractivity contribution in [3.05, 3.63) is 35.6 Å². The normalized spacial score (nSPS) is 13.3. The number of unbranched alkanes of at least 4 members (excludes halogenated alkanes) is 2. The van der Waals surface area contributed by atoms with Gasteiger partial charge in [-0.25, -0.2) is 4.98 Å². The fourth-order valence-electron chi connectivity index (χ4n) is 1.44. The smallest absolute Gasteiger partial charge is 0.251 e. The molecular formula is C17H29NOSSi. The molecule has 0 saturated heterocycles. The van der Waals surface area contributed by atoms with Crippen LogP contribution in [0, 0.1) is 0 Å². The summed E-state index contributed by atoms with van der Waals surface area (Å²) in [5.74, 6) is 0. The monoisotopic (exact) mass is 323 g/mol. The number of aromatic nitrogens is 1. The molecule has 0 atom stereocenters. The Kier molecular flexibility index (Phi) is 7.01. The number of allylic oxidation sites excluding steroid dienone is 1. The first-order valence-electron chi connectivity index (χ1n) is 7.74. The molecular weight excluding hydrogens is 294 g/mol. The Balaban J connectivity index is 2.85. The zero-order valence-corrected chi connectivity index (χ0v) is 16.1. The van der Waals surface area contributed by atoms with Gasteiger partial charge >= 0.3 is 0 Å². The van der Waals surface area contributed by atoms with Gasteiger partial charge in [0.2, 0.25) is 0 Å². The molecule has 0 aliphatic carbocycles. The summed E-state index contributed by atoms with van der Waals surface area (Å²) < 4.78 is 6.48. The fraction of sp³-hybridized carbons (Fsp3) is 0.588. The molecule has 0 fully saturated rings. The number of rotatable bonds is 7. The van der Waals surface area contributed by atoms with Crippen LogP contribution in [0.1, 0.15) is 47.0 Å². The number of hydrogen-bond acceptors (Lipinski definition) is 3. The van der Waals surface area contributed by atoms with Gasteiger partial charge < -0.3 is 4.43 Å². The van der Waals surface area contributed by atoms with E-state index >= 15 is 0 Å². The highest BCUT2D eigenvalue weighted by Gasteiger charge is 2.39. The van der Waals surface area contributed by atoms with Crippen molar-refractivity contribution in [3.63, 3.8) is 0 Å². The molecule has 118 valence electrons. The zero-order valence-electron chi connectivity index (χ0n) is 14.3. The Hall–Kier alpha value is -0.743. The average Bonchev–Trinajstić information content (AvgIpc) is 2.38. The van der Waals surface area contributed by atoms with Gasteiger partial charge in [-0.1, -0.05) is 40.2 Å². The minimum absolute atomic E-state index is 0.210. The van der Waals surface area contributed by atoms with Gasteiger partial charge in [0.15, 0.2) is 0 Å². The van der Waals surface area contributed by atoms with Gasteiger partial charge in [0.1, 0.15) is 10.1 Å². The standard InChI is InChI=1S/C17H29NOSSi/c1-7-8-9-13-16(19-21(5,6)17(2,3)4)20-15-12-10-11-14-18-15/h10-14H,7-9H2,1-6H3. The number of thioether (sulfide) groups is 1. The van der Waals surface area contributed by atoms with Gasteiger partial charge in [0.05, 0.1) is 0 Å². The van der Waals surface area contributed by atoms with Gasteiger partial charge in [0, 0.05) is 6.20 Å². The van der Waals surface area contributed by atoms with E-state index in [0.717, 1.165) is 16.5 Å². The lowest BCUT2D eigenvalue weighted by Gasteiger charge is -2.37. The van der Waals surface area contributed by atoms with Crippen molar-refractivity contribution in [2.45, 2.75) is 70.1 Å². The van der Waals surface area contributed by atoms with E-state index in [1.54, 1.807) is 11.8 Å². The van der Waals surface area contributed by atoms with Gasteiger partial charge in [-0.05, 0) is 60.9 Å². The SMILES string of the molecule is CCCCC=C(O[Si](C)(C)C(C)(C)C)Sc1ccccn1. The fourth-order valence-corrected chi connectivity index (χ4v) is 3.79. The molecule has 0 aliphatic rings. The second-order valence-corrected chi connectivity index (χ2v) is 12.5. The minimum Gasteiger partial charge on any atom is -0.539 e. The number of pyridine rings is 1. The molecule has 1 aromatic heterocycles. The highest BCUT2D eigenvalue weighted by atomic mass is 32.2. The molecule has 0 N–H and O–H groups in total. The summed E-state index contributed by atoms with van der Waals surface area (Å²) in [6.07, 6.45) is 7.55. The van der Waals surface area contributed by atoms with Crippen LogP contribution >= 0.6 is 11.8 Å². The summed E-state index contributed by atoms with van der Waals surface area (Å²) in [6.45, 7) is 13.6. The predicted molar refractivity (Wildman–Crippen MR) is 96.0 cm³/mol. The topological polar surface area (TPSA) is 22.1 Å². The van der Waals surface area contributed by atoms with Crippen LogP contribution in [-0.4, -0.2) is 13.3 Å². The Labute approximate surface area is 135 Å². The molecule has 0 amide bonds. The largest absolute Gasteiger partial charge is 0.539 e. The molecule has 0 aromatic carbocycles. The molecule has 21 heavy (non-hydrogen) atoms. The minimum atomic E-state index is -1.80. The third-order valence-electron chi connectivity index (χ3n) is 3.87. The van der Waals surface area contributed by atoms with E-state index in [2.05, 4.69) is 51.8 Å². The first-order chi connectivity index (χ1) is 9.76. The lowest BCUT2D eigenvalue weighted by atomic mass is 10.2. The van der Waals surface area contributed by atoms with Gasteiger partial charge in [-0.3, -0.25) is 0 Å². The summed E-state index contributed by atoms with van der Waals surface area (Å²) >= 11 is 1.64. The third-order valence-corrected chi connectivity index (χ3v) is 9.27. The summed E-state index contributed by atoms with van der Waals surface area (Å²) in [4.78, 5) is 4.40. The third kappa shape index (κ3) is 6.26. The van der Waals surface area contributed by atoms with E-state index in [1.807, 2.05) is 24.4 Å². The van der Waals surface area contributed by atoms with Crippen molar-refractivity contribution in [1.82, 2.24) is 4.98 Å². The summed E-state index contributed by atoms with van der Waals surface area (Å²) in [7, 11) is -1.80. The van der Waals surface area contributed by atoms with Crippen LogP contribution < -0.4 is 0 Å². The van der Waals surface area contributed by atoms with Crippen LogP contribution in [0.3, 0.4) is 0 Å². The Morgan fingerprint density at radius 3 is 2.57 bits per heavy atom. The summed E-state index contributed by atoms with van der Waals surface area (Å²) in [6, 6.07) is 6.00. The Morgan fingerprint density at radius 1 is 1.33 bits per heavy atom. The molecule has 1 rings (SSSR count). The maximum atomic E-state index is 6.48. The Morgan fingerprint density at radius 2 is 2.05 bits per heavy atom. The van der Waals surface area contributed by atoms with E-state index in [9.17, 15) is 0 Å². The van der Waals surface area contributed by atoms with E-state index in [0.29, 0.717) is 0 Å². The predicted octanol–water partition coefficient (Wildman–Crippen LogP) is 6.23. The molecule has 0 aliphatic heterocycles. The first-order valence-corrected chi connectivity index (χ1v) is 11.5. The van der Waals surface area contributed by atoms with E-state index in [-0.39, 0.29) is 5.04 Å². The van der Waals surface area contributed by atoms with Crippen LogP contribution in [0.15, 0.2) is 40.6 Å². The van der Waals surface area contributed by atoms with Crippen molar-refractivity contribution in [3.8, 4) is 0 Å². The molecule has 1 heterocycles. The second kappa shape index (κ2) is 8.04. The summed E-state index contributed by atoms with van der Waals surface area (Å²) in [5.41, 5.74) is 0. The van der Waals surface area contributed by atoms with E-state index in [4.69, 9.17) is 4.43 Å². The number of hydrogen-bond donors (Lipinski definition) is 0. The maximum absolute atomic E-state index is 6.48. The molecule has 1 aromatic rings. The van der Waals surface area contributed by atoms with Crippen molar-refractivity contribution in [2.75, 3.05) is 0 Å². The lowest BCUT2D eigenvalue weighted by Crippen LogP contribution is -2.40. The highest BCUT2D eigenvalue weighted by molar-refractivity contribution is 8.02. The lowest BCUT2D eigenvalue weighted by molar-refractivity contribution is 0.415. The zero-order chi connectivity index (χ0) is 15.9.